The van der Waals surface area contributed by atoms with Gasteiger partial charge in [-0.2, -0.15) is 0 Å². The van der Waals surface area contributed by atoms with Crippen molar-refractivity contribution in [2.75, 3.05) is 20.2 Å². The number of hydrogen-bond acceptors (Lipinski definition) is 4. The molecule has 1 aliphatic rings. The van der Waals surface area contributed by atoms with Crippen molar-refractivity contribution in [3.8, 4) is 5.75 Å². The van der Waals surface area contributed by atoms with Gasteiger partial charge in [-0.15, -0.1) is 13.2 Å². The molecule has 1 heterocycles. The van der Waals surface area contributed by atoms with E-state index in [1.165, 1.54) is 19.2 Å². The second-order valence-corrected chi connectivity index (χ2v) is 6.05. The highest BCUT2D eigenvalue weighted by Gasteiger charge is 2.31. The summed E-state index contributed by atoms with van der Waals surface area (Å²) in [6.45, 7) is 2.46. The number of likely N-dealkylation sites (tertiary alicyclic amines) is 1. The van der Waals surface area contributed by atoms with E-state index in [0.717, 1.165) is 37.9 Å². The fourth-order valence-corrected chi connectivity index (χ4v) is 2.96. The Balaban J connectivity index is 1.84. The van der Waals surface area contributed by atoms with E-state index in [1.807, 2.05) is 0 Å². The normalized spacial score (nSPS) is 19.6. The van der Waals surface area contributed by atoms with Crippen LogP contribution in [0.3, 0.4) is 0 Å². The third-order valence-electron chi connectivity index (χ3n) is 4.19. The quantitative estimate of drug-likeness (QED) is 0.762. The van der Waals surface area contributed by atoms with Gasteiger partial charge in [-0.05, 0) is 56.0 Å². The standard InChI is InChI=1S/C17H22F3NO3/c1-23-16(22)11-13-3-2-9-21(10-8-13)12-14-4-6-15(7-5-14)24-17(18,19)20/h4-7,13H,2-3,8-12H2,1H3/t13-/m1/s1. The lowest BCUT2D eigenvalue weighted by Gasteiger charge is -2.20. The monoisotopic (exact) mass is 345 g/mol. The van der Waals surface area contributed by atoms with E-state index in [0.29, 0.717) is 18.9 Å². The van der Waals surface area contributed by atoms with Crippen LogP contribution in [0.4, 0.5) is 13.2 Å². The van der Waals surface area contributed by atoms with E-state index in [4.69, 9.17) is 4.74 Å². The van der Waals surface area contributed by atoms with Crippen LogP contribution in [0.15, 0.2) is 24.3 Å². The molecule has 4 nitrogen and oxygen atoms in total. The van der Waals surface area contributed by atoms with E-state index in [1.54, 1.807) is 12.1 Å². The van der Waals surface area contributed by atoms with Crippen LogP contribution in [0.25, 0.3) is 0 Å². The maximum absolute atomic E-state index is 12.1. The van der Waals surface area contributed by atoms with Gasteiger partial charge in [0.05, 0.1) is 7.11 Å². The smallest absolute Gasteiger partial charge is 0.469 e. The maximum atomic E-state index is 12.1. The number of alkyl halides is 3. The zero-order valence-corrected chi connectivity index (χ0v) is 13.6. The number of hydrogen-bond donors (Lipinski definition) is 0. The lowest BCUT2D eigenvalue weighted by atomic mass is 9.97. The zero-order chi connectivity index (χ0) is 17.6. The van der Waals surface area contributed by atoms with Gasteiger partial charge in [-0.1, -0.05) is 12.1 Å². The van der Waals surface area contributed by atoms with Gasteiger partial charge in [-0.3, -0.25) is 9.69 Å². The molecule has 1 aromatic carbocycles. The number of rotatable bonds is 5. The summed E-state index contributed by atoms with van der Waals surface area (Å²) in [4.78, 5) is 13.6. The molecule has 1 saturated heterocycles. The van der Waals surface area contributed by atoms with Crippen molar-refractivity contribution >= 4 is 5.97 Å². The van der Waals surface area contributed by atoms with E-state index in [-0.39, 0.29) is 11.7 Å². The van der Waals surface area contributed by atoms with Gasteiger partial charge in [0.1, 0.15) is 5.75 Å². The highest BCUT2D eigenvalue weighted by molar-refractivity contribution is 5.69. The average Bonchev–Trinajstić information content (AvgIpc) is 2.73. The first-order valence-corrected chi connectivity index (χ1v) is 7.99. The lowest BCUT2D eigenvalue weighted by Crippen LogP contribution is -2.24. The predicted octanol–water partition coefficient (Wildman–Crippen LogP) is 3.75. The number of nitrogens with zero attached hydrogens (tertiary/aromatic N) is 1. The third kappa shape index (κ3) is 6.39. The van der Waals surface area contributed by atoms with Crippen LogP contribution < -0.4 is 4.74 Å². The molecule has 1 fully saturated rings. The summed E-state index contributed by atoms with van der Waals surface area (Å²) in [5.74, 6) is -0.0426. The zero-order valence-electron chi connectivity index (χ0n) is 13.6. The molecule has 0 saturated carbocycles. The van der Waals surface area contributed by atoms with Crippen LogP contribution in [0.2, 0.25) is 0 Å². The van der Waals surface area contributed by atoms with Crippen LogP contribution >= 0.6 is 0 Å². The average molecular weight is 345 g/mol. The van der Waals surface area contributed by atoms with Crippen LogP contribution in [0.5, 0.6) is 5.75 Å². The number of esters is 1. The molecule has 0 bridgehead atoms. The molecule has 0 amide bonds. The molecule has 7 heteroatoms. The molecule has 134 valence electrons. The first-order chi connectivity index (χ1) is 11.4. The molecule has 0 aliphatic carbocycles. The molecule has 1 aromatic rings. The molecular weight excluding hydrogens is 323 g/mol. The molecule has 0 spiro atoms. The molecule has 0 N–H and O–H groups in total. The summed E-state index contributed by atoms with van der Waals surface area (Å²) >= 11 is 0. The van der Waals surface area contributed by atoms with E-state index in [2.05, 4.69) is 9.64 Å². The number of benzene rings is 1. The Morgan fingerprint density at radius 2 is 1.92 bits per heavy atom. The Kier molecular flexibility index (Phi) is 6.48. The van der Waals surface area contributed by atoms with Crippen molar-refractivity contribution in [2.24, 2.45) is 5.92 Å². The molecule has 2 rings (SSSR count). The summed E-state index contributed by atoms with van der Waals surface area (Å²) in [7, 11) is 1.40. The van der Waals surface area contributed by atoms with Crippen molar-refractivity contribution in [3.05, 3.63) is 29.8 Å². The van der Waals surface area contributed by atoms with Gasteiger partial charge in [0.2, 0.25) is 0 Å². The molecule has 1 aliphatic heterocycles. The van der Waals surface area contributed by atoms with Crippen molar-refractivity contribution in [1.82, 2.24) is 4.90 Å². The number of carbonyl (C=O) groups is 1. The molecule has 0 aromatic heterocycles. The van der Waals surface area contributed by atoms with Crippen molar-refractivity contribution in [3.63, 3.8) is 0 Å². The van der Waals surface area contributed by atoms with Crippen LogP contribution in [0, 0.1) is 5.92 Å². The largest absolute Gasteiger partial charge is 0.573 e. The molecule has 24 heavy (non-hydrogen) atoms. The minimum Gasteiger partial charge on any atom is -0.469 e. The predicted molar refractivity (Wildman–Crippen MR) is 82.4 cm³/mol. The third-order valence-corrected chi connectivity index (χ3v) is 4.19. The van der Waals surface area contributed by atoms with Gasteiger partial charge in [0.25, 0.3) is 0 Å². The Morgan fingerprint density at radius 1 is 1.21 bits per heavy atom. The van der Waals surface area contributed by atoms with Crippen molar-refractivity contribution in [2.45, 2.75) is 38.6 Å². The summed E-state index contributed by atoms with van der Waals surface area (Å²) in [6, 6.07) is 5.97. The first-order valence-electron chi connectivity index (χ1n) is 7.99. The highest BCUT2D eigenvalue weighted by Crippen LogP contribution is 2.25. The lowest BCUT2D eigenvalue weighted by molar-refractivity contribution is -0.274. The summed E-state index contributed by atoms with van der Waals surface area (Å²) in [6.07, 6.45) is -1.31. The first kappa shape index (κ1) is 18.6. The molecule has 0 radical (unpaired) electrons. The van der Waals surface area contributed by atoms with Gasteiger partial charge in [0, 0.05) is 13.0 Å². The number of halogens is 3. The fraction of sp³-hybridized carbons (Fsp3) is 0.588. The summed E-state index contributed by atoms with van der Waals surface area (Å²) in [5.41, 5.74) is 0.941. The minimum absolute atomic E-state index is 0.172. The minimum atomic E-state index is -4.67. The molecular formula is C17H22F3NO3. The number of methoxy groups -OCH3 is 1. The fourth-order valence-electron chi connectivity index (χ4n) is 2.96. The topological polar surface area (TPSA) is 38.8 Å². The van der Waals surface area contributed by atoms with Gasteiger partial charge < -0.3 is 9.47 Å². The highest BCUT2D eigenvalue weighted by atomic mass is 19.4. The van der Waals surface area contributed by atoms with Gasteiger partial charge in [0.15, 0.2) is 0 Å². The number of ether oxygens (including phenoxy) is 2. The van der Waals surface area contributed by atoms with Crippen LogP contribution in [-0.2, 0) is 16.1 Å². The van der Waals surface area contributed by atoms with Gasteiger partial charge in [-0.25, -0.2) is 0 Å². The second-order valence-electron chi connectivity index (χ2n) is 6.05. The maximum Gasteiger partial charge on any atom is 0.573 e. The SMILES string of the molecule is COC(=O)C[C@@H]1CCCN(Cc2ccc(OC(F)(F)F)cc2)CC1. The Morgan fingerprint density at radius 3 is 2.54 bits per heavy atom. The molecule has 0 unspecified atom stereocenters. The summed E-state index contributed by atoms with van der Waals surface area (Å²) < 4.78 is 45.0. The number of carbonyl (C=O) groups excluding carboxylic acids is 1. The van der Waals surface area contributed by atoms with Crippen LogP contribution in [0.1, 0.15) is 31.2 Å². The Hall–Kier alpha value is -1.76. The van der Waals surface area contributed by atoms with Crippen molar-refractivity contribution < 1.29 is 27.4 Å². The van der Waals surface area contributed by atoms with E-state index < -0.39 is 6.36 Å². The van der Waals surface area contributed by atoms with Crippen molar-refractivity contribution in [1.29, 1.82) is 0 Å². The summed E-state index contributed by atoms with van der Waals surface area (Å²) in [5, 5.41) is 0. The Labute approximate surface area is 139 Å². The van der Waals surface area contributed by atoms with E-state index in [9.17, 15) is 18.0 Å². The van der Waals surface area contributed by atoms with E-state index >= 15 is 0 Å². The second kappa shape index (κ2) is 8.37. The Bertz CT molecular complexity index is 531. The molecule has 1 atom stereocenters. The van der Waals surface area contributed by atoms with Crippen LogP contribution in [-0.4, -0.2) is 37.4 Å². The van der Waals surface area contributed by atoms with Gasteiger partial charge >= 0.3 is 12.3 Å².